The minimum atomic E-state index is -0.798. The first-order valence-corrected chi connectivity index (χ1v) is 22.5. The highest BCUT2D eigenvalue weighted by Gasteiger charge is 2.19. The molecule has 0 N–H and O–H groups in total. The van der Waals surface area contributed by atoms with Gasteiger partial charge in [0.1, 0.15) is 13.2 Å². The zero-order valence-electron chi connectivity index (χ0n) is 35.7. The Labute approximate surface area is 338 Å². The van der Waals surface area contributed by atoms with Gasteiger partial charge in [0.2, 0.25) is 0 Å². The van der Waals surface area contributed by atoms with Crippen molar-refractivity contribution in [2.45, 2.75) is 207 Å². The van der Waals surface area contributed by atoms with Gasteiger partial charge in [0.05, 0.1) is 0 Å². The van der Waals surface area contributed by atoms with Crippen LogP contribution in [0.3, 0.4) is 0 Å². The molecular weight excluding hydrogens is 685 g/mol. The molecule has 314 valence electrons. The fraction of sp³-hybridized carbons (Fsp3) is 0.694. The van der Waals surface area contributed by atoms with Crippen LogP contribution in [0.1, 0.15) is 201 Å². The van der Waals surface area contributed by atoms with E-state index in [1.807, 2.05) is 0 Å². The van der Waals surface area contributed by atoms with Gasteiger partial charge >= 0.3 is 17.9 Å². The Morgan fingerprint density at radius 3 is 1.36 bits per heavy atom. The molecule has 1 atom stereocenters. The molecule has 0 aromatic carbocycles. The molecule has 0 aliphatic heterocycles. The van der Waals surface area contributed by atoms with Crippen LogP contribution in [0.5, 0.6) is 0 Å². The van der Waals surface area contributed by atoms with Crippen molar-refractivity contribution >= 4 is 17.9 Å². The van der Waals surface area contributed by atoms with Gasteiger partial charge in [-0.1, -0.05) is 164 Å². The lowest BCUT2D eigenvalue weighted by molar-refractivity contribution is -0.167. The van der Waals surface area contributed by atoms with E-state index in [1.165, 1.54) is 64.2 Å². The Kier molecular flexibility index (Phi) is 41.1. The van der Waals surface area contributed by atoms with Gasteiger partial charge in [-0.2, -0.15) is 0 Å². The van der Waals surface area contributed by atoms with Gasteiger partial charge in [-0.3, -0.25) is 14.4 Å². The molecule has 6 heteroatoms. The Hall–Kier alpha value is -3.15. The van der Waals surface area contributed by atoms with Crippen LogP contribution >= 0.6 is 0 Å². The Balaban J connectivity index is 4.43. The monoisotopic (exact) mass is 767 g/mol. The van der Waals surface area contributed by atoms with Crippen LogP contribution in [0.4, 0.5) is 0 Å². The maximum Gasteiger partial charge on any atom is 0.306 e. The maximum atomic E-state index is 12.7. The molecule has 0 heterocycles. The van der Waals surface area contributed by atoms with E-state index in [2.05, 4.69) is 93.7 Å². The van der Waals surface area contributed by atoms with E-state index >= 15 is 0 Å². The van der Waals surface area contributed by atoms with Crippen molar-refractivity contribution in [1.29, 1.82) is 0 Å². The summed E-state index contributed by atoms with van der Waals surface area (Å²) >= 11 is 0. The third-order valence-corrected chi connectivity index (χ3v) is 9.24. The summed E-state index contributed by atoms with van der Waals surface area (Å²) < 4.78 is 16.6. The first-order valence-electron chi connectivity index (χ1n) is 22.5. The second-order valence-corrected chi connectivity index (χ2v) is 14.6. The maximum absolute atomic E-state index is 12.7. The van der Waals surface area contributed by atoms with E-state index in [-0.39, 0.29) is 31.1 Å². The van der Waals surface area contributed by atoms with Gasteiger partial charge in [-0.15, -0.1) is 0 Å². The minimum absolute atomic E-state index is 0.0990. The van der Waals surface area contributed by atoms with Crippen molar-refractivity contribution in [3.8, 4) is 0 Å². The van der Waals surface area contributed by atoms with E-state index in [4.69, 9.17) is 14.2 Å². The zero-order valence-corrected chi connectivity index (χ0v) is 35.7. The number of rotatable bonds is 39. The van der Waals surface area contributed by atoms with Crippen LogP contribution in [0, 0.1) is 0 Å². The second-order valence-electron chi connectivity index (χ2n) is 14.6. The van der Waals surface area contributed by atoms with Gasteiger partial charge in [-0.25, -0.2) is 0 Å². The van der Waals surface area contributed by atoms with Gasteiger partial charge in [0.15, 0.2) is 6.10 Å². The summed E-state index contributed by atoms with van der Waals surface area (Å²) in [6.07, 6.45) is 53.2. The highest BCUT2D eigenvalue weighted by molar-refractivity contribution is 5.71. The van der Waals surface area contributed by atoms with Gasteiger partial charge in [-0.05, 0) is 89.9 Å². The number of carbonyl (C=O) groups is 3. The fourth-order valence-corrected chi connectivity index (χ4v) is 5.88. The lowest BCUT2D eigenvalue weighted by Gasteiger charge is -2.18. The van der Waals surface area contributed by atoms with Crippen molar-refractivity contribution in [3.63, 3.8) is 0 Å². The normalized spacial score (nSPS) is 12.7. The molecule has 0 fully saturated rings. The molecule has 0 aromatic rings. The number of hydrogen-bond donors (Lipinski definition) is 0. The molecule has 0 spiro atoms. The molecule has 0 radical (unpaired) electrons. The van der Waals surface area contributed by atoms with E-state index < -0.39 is 6.10 Å². The number of esters is 3. The van der Waals surface area contributed by atoms with Gasteiger partial charge in [0.25, 0.3) is 0 Å². The van der Waals surface area contributed by atoms with E-state index in [9.17, 15) is 14.4 Å². The van der Waals surface area contributed by atoms with Crippen molar-refractivity contribution < 1.29 is 28.6 Å². The number of ether oxygens (including phenoxy) is 3. The zero-order chi connectivity index (χ0) is 40.1. The third kappa shape index (κ3) is 41.8. The summed E-state index contributed by atoms with van der Waals surface area (Å²) in [6.45, 7) is 6.30. The first kappa shape index (κ1) is 51.9. The Morgan fingerprint density at radius 1 is 0.400 bits per heavy atom. The van der Waals surface area contributed by atoms with Crippen LogP contribution in [0.15, 0.2) is 72.9 Å². The summed E-state index contributed by atoms with van der Waals surface area (Å²) in [7, 11) is 0. The Morgan fingerprint density at radius 2 is 0.800 bits per heavy atom. The summed E-state index contributed by atoms with van der Waals surface area (Å²) in [5.74, 6) is -0.971. The molecule has 0 aromatic heterocycles. The van der Waals surface area contributed by atoms with Crippen molar-refractivity contribution in [3.05, 3.63) is 72.9 Å². The van der Waals surface area contributed by atoms with E-state index in [0.29, 0.717) is 19.3 Å². The predicted octanol–water partition coefficient (Wildman–Crippen LogP) is 14.3. The number of unbranched alkanes of at least 4 members (excludes halogenated alkanes) is 18. The number of carbonyl (C=O) groups excluding carboxylic acids is 3. The van der Waals surface area contributed by atoms with Crippen LogP contribution in [-0.2, 0) is 28.6 Å². The molecule has 0 aliphatic carbocycles. The smallest absolute Gasteiger partial charge is 0.306 e. The summed E-state index contributed by atoms with van der Waals surface area (Å²) in [5.41, 5.74) is 0. The SMILES string of the molecule is CC\C=C/C=C\C=C/CCCCCCCCCC(=O)OCC(COC(=O)CCCC/C=C\C/C=C\CC)OC(=O)CCCCC/C=C\CCCCCCCC. The predicted molar refractivity (Wildman–Crippen MR) is 233 cm³/mol. The molecular formula is C49H82O6. The fourth-order valence-electron chi connectivity index (χ4n) is 5.88. The molecule has 55 heavy (non-hydrogen) atoms. The van der Waals surface area contributed by atoms with E-state index in [1.54, 1.807) is 0 Å². The summed E-state index contributed by atoms with van der Waals surface area (Å²) in [6, 6.07) is 0. The molecule has 0 saturated carbocycles. The third-order valence-electron chi connectivity index (χ3n) is 9.24. The molecule has 0 amide bonds. The first-order chi connectivity index (χ1) is 27.0. The van der Waals surface area contributed by atoms with Gasteiger partial charge < -0.3 is 14.2 Å². The van der Waals surface area contributed by atoms with Crippen molar-refractivity contribution in [2.24, 2.45) is 0 Å². The highest BCUT2D eigenvalue weighted by atomic mass is 16.6. The van der Waals surface area contributed by atoms with E-state index in [0.717, 1.165) is 96.3 Å². The summed E-state index contributed by atoms with van der Waals surface area (Å²) in [5, 5.41) is 0. The molecule has 0 rings (SSSR count). The van der Waals surface area contributed by atoms with Crippen LogP contribution in [0.25, 0.3) is 0 Å². The molecule has 0 bridgehead atoms. The van der Waals surface area contributed by atoms with Crippen molar-refractivity contribution in [2.75, 3.05) is 13.2 Å². The topological polar surface area (TPSA) is 78.9 Å². The largest absolute Gasteiger partial charge is 0.462 e. The average molecular weight is 767 g/mol. The van der Waals surface area contributed by atoms with Crippen molar-refractivity contribution in [1.82, 2.24) is 0 Å². The lowest BCUT2D eigenvalue weighted by atomic mass is 10.1. The van der Waals surface area contributed by atoms with Gasteiger partial charge in [0, 0.05) is 19.3 Å². The molecule has 0 saturated heterocycles. The molecule has 0 aliphatic rings. The van der Waals surface area contributed by atoms with Crippen LogP contribution in [-0.4, -0.2) is 37.2 Å². The Bertz CT molecular complexity index is 1070. The van der Waals surface area contributed by atoms with Crippen LogP contribution in [0.2, 0.25) is 0 Å². The number of allylic oxidation sites excluding steroid dienone is 12. The standard InChI is InChI=1S/C49H82O6/c1-4-7-10-13-16-19-21-23-24-26-27-30-33-36-39-42-48(51)54-45-46(44-53-47(50)41-38-35-32-29-18-15-12-9-6-3)55-49(52)43-40-37-34-31-28-25-22-20-17-14-11-8-5-2/h7,9-10,12-13,16,18-19,21,25,28-29,46H,4-6,8,11,14-15,17,20,22-24,26-27,30-45H2,1-3H3/b10-7-,12-9-,16-13-,21-19-,28-25-,29-18-. The van der Waals surface area contributed by atoms with Crippen LogP contribution < -0.4 is 0 Å². The molecule has 6 nitrogen and oxygen atoms in total. The lowest BCUT2D eigenvalue weighted by Crippen LogP contribution is -2.30. The quantitative estimate of drug-likeness (QED) is 0.0204. The number of hydrogen-bond acceptors (Lipinski definition) is 6. The second kappa shape index (κ2) is 43.6. The highest BCUT2D eigenvalue weighted by Crippen LogP contribution is 2.13. The average Bonchev–Trinajstić information content (AvgIpc) is 3.18. The summed E-state index contributed by atoms with van der Waals surface area (Å²) in [4.78, 5) is 37.7. The minimum Gasteiger partial charge on any atom is -0.462 e. The molecule has 1 unspecified atom stereocenters.